The van der Waals surface area contributed by atoms with Crippen LogP contribution in [0.4, 0.5) is 15.5 Å². The third-order valence-electron chi connectivity index (χ3n) is 4.43. The van der Waals surface area contributed by atoms with Crippen molar-refractivity contribution in [3.05, 3.63) is 34.5 Å². The lowest BCUT2D eigenvalue weighted by atomic mass is 10.1. The topological polar surface area (TPSA) is 108 Å². The lowest BCUT2D eigenvalue weighted by molar-refractivity contribution is 0.113. The van der Waals surface area contributed by atoms with Crippen molar-refractivity contribution < 1.29 is 23.5 Å². The predicted molar refractivity (Wildman–Crippen MR) is 108 cm³/mol. The van der Waals surface area contributed by atoms with E-state index in [1.165, 1.54) is 11.3 Å². The number of rotatable bonds is 5. The van der Waals surface area contributed by atoms with E-state index in [1.54, 1.807) is 39.3 Å². The smallest absolute Gasteiger partial charge is 0.324 e. The van der Waals surface area contributed by atoms with Gasteiger partial charge < -0.3 is 24.1 Å². The molecule has 0 saturated carbocycles. The van der Waals surface area contributed by atoms with Gasteiger partial charge in [0.2, 0.25) is 0 Å². The predicted octanol–water partition coefficient (Wildman–Crippen LogP) is 3.84. The summed E-state index contributed by atoms with van der Waals surface area (Å²) in [4.78, 5) is 18.0. The van der Waals surface area contributed by atoms with Gasteiger partial charge in [0.05, 0.1) is 33.0 Å². The Labute approximate surface area is 171 Å². The lowest BCUT2D eigenvalue weighted by Crippen LogP contribution is -2.19. The molecule has 0 bridgehead atoms. The number of benzene rings is 1. The van der Waals surface area contributed by atoms with E-state index in [0.717, 1.165) is 22.4 Å². The number of fused-ring (bicyclic) bond motifs is 1. The molecule has 0 radical (unpaired) electrons. The highest BCUT2D eigenvalue weighted by Gasteiger charge is 2.26. The minimum Gasteiger partial charge on any atom is -0.493 e. The fourth-order valence-corrected chi connectivity index (χ4v) is 4.30. The quantitative estimate of drug-likeness (QED) is 0.650. The molecule has 3 aromatic rings. The molecular formula is C19H20N4O5S. The van der Waals surface area contributed by atoms with Gasteiger partial charge in [-0.3, -0.25) is 5.32 Å². The number of anilines is 2. The number of aryl methyl sites for hydroxylation is 1. The molecule has 2 amide bonds. The summed E-state index contributed by atoms with van der Waals surface area (Å²) in [6.45, 7) is 2.87. The van der Waals surface area contributed by atoms with Crippen LogP contribution in [0.1, 0.15) is 16.3 Å². The number of nitrogens with zero attached hydrogens (tertiary/aromatic N) is 2. The third kappa shape index (κ3) is 3.89. The van der Waals surface area contributed by atoms with Crippen molar-refractivity contribution in [2.45, 2.75) is 20.0 Å². The van der Waals surface area contributed by atoms with Crippen molar-refractivity contribution >= 4 is 28.1 Å². The van der Waals surface area contributed by atoms with E-state index in [1.807, 2.05) is 0 Å². The van der Waals surface area contributed by atoms with Gasteiger partial charge in [0.25, 0.3) is 5.89 Å². The SMILES string of the molecule is COc1ccc(NC(=O)Nc2sc3c(c2-c2nc(C)no2)CCOC3)cc1OC. The van der Waals surface area contributed by atoms with E-state index in [4.69, 9.17) is 18.7 Å². The Morgan fingerprint density at radius 3 is 2.76 bits per heavy atom. The highest BCUT2D eigenvalue weighted by Crippen LogP contribution is 2.42. The molecule has 4 rings (SSSR count). The molecule has 2 aromatic heterocycles. The van der Waals surface area contributed by atoms with E-state index in [-0.39, 0.29) is 0 Å². The van der Waals surface area contributed by atoms with E-state index in [0.29, 0.717) is 47.1 Å². The number of hydrogen-bond donors (Lipinski definition) is 2. The average Bonchev–Trinajstić information content (AvgIpc) is 3.30. The molecule has 3 heterocycles. The Kier molecular flexibility index (Phi) is 5.36. The van der Waals surface area contributed by atoms with Crippen LogP contribution in [-0.2, 0) is 17.8 Å². The number of hydrogen-bond acceptors (Lipinski definition) is 8. The zero-order valence-electron chi connectivity index (χ0n) is 16.2. The standard InChI is InChI=1S/C19H20N4O5S/c1-10-20-17(28-23-10)16-12-6-7-27-9-15(12)29-18(16)22-19(24)21-11-4-5-13(25-2)14(8-11)26-3/h4-5,8H,6-7,9H2,1-3H3,(H2,21,22,24). The Hall–Kier alpha value is -3.11. The van der Waals surface area contributed by atoms with Gasteiger partial charge in [0.1, 0.15) is 5.00 Å². The Morgan fingerprint density at radius 1 is 1.21 bits per heavy atom. The number of carbonyl (C=O) groups is 1. The molecule has 0 atom stereocenters. The van der Waals surface area contributed by atoms with Crippen molar-refractivity contribution in [2.75, 3.05) is 31.5 Å². The number of nitrogens with one attached hydrogen (secondary N) is 2. The average molecular weight is 416 g/mol. The van der Waals surface area contributed by atoms with E-state index >= 15 is 0 Å². The molecule has 29 heavy (non-hydrogen) atoms. The summed E-state index contributed by atoms with van der Waals surface area (Å²) in [5, 5.41) is 10.2. The first-order valence-corrected chi connectivity index (χ1v) is 9.73. The van der Waals surface area contributed by atoms with Gasteiger partial charge >= 0.3 is 6.03 Å². The molecule has 0 spiro atoms. The molecule has 1 aliphatic rings. The third-order valence-corrected chi connectivity index (χ3v) is 5.55. The maximum absolute atomic E-state index is 12.7. The fourth-order valence-electron chi connectivity index (χ4n) is 3.12. The second-order valence-electron chi connectivity index (χ2n) is 6.31. The van der Waals surface area contributed by atoms with Crippen molar-refractivity contribution in [2.24, 2.45) is 0 Å². The monoisotopic (exact) mass is 416 g/mol. The summed E-state index contributed by atoms with van der Waals surface area (Å²) in [7, 11) is 3.10. The number of amides is 2. The zero-order chi connectivity index (χ0) is 20.4. The minimum absolute atomic E-state index is 0.392. The van der Waals surface area contributed by atoms with Gasteiger partial charge in [-0.15, -0.1) is 11.3 Å². The second kappa shape index (κ2) is 8.10. The Morgan fingerprint density at radius 2 is 2.03 bits per heavy atom. The lowest BCUT2D eigenvalue weighted by Gasteiger charge is -2.12. The molecule has 2 N–H and O–H groups in total. The molecule has 0 saturated heterocycles. The minimum atomic E-state index is -0.394. The first kappa shape index (κ1) is 19.2. The van der Waals surface area contributed by atoms with Crippen molar-refractivity contribution in [1.82, 2.24) is 10.1 Å². The van der Waals surface area contributed by atoms with Gasteiger partial charge in [-0.05, 0) is 31.0 Å². The summed E-state index contributed by atoms with van der Waals surface area (Å²) < 4.78 is 21.4. The number of thiophene rings is 1. The highest BCUT2D eigenvalue weighted by molar-refractivity contribution is 7.17. The Balaban J connectivity index is 1.59. The molecule has 0 fully saturated rings. The van der Waals surface area contributed by atoms with Crippen molar-refractivity contribution in [3.8, 4) is 23.0 Å². The van der Waals surface area contributed by atoms with E-state index < -0.39 is 6.03 Å². The van der Waals surface area contributed by atoms with Crippen LogP contribution in [0.15, 0.2) is 22.7 Å². The normalized spacial score (nSPS) is 12.9. The van der Waals surface area contributed by atoms with Gasteiger partial charge in [0.15, 0.2) is 17.3 Å². The van der Waals surface area contributed by atoms with Crippen LogP contribution in [-0.4, -0.2) is 37.0 Å². The number of urea groups is 1. The largest absolute Gasteiger partial charge is 0.493 e. The Bertz CT molecular complexity index is 1050. The number of ether oxygens (including phenoxy) is 3. The van der Waals surface area contributed by atoms with Crippen LogP contribution in [0, 0.1) is 6.92 Å². The first-order chi connectivity index (χ1) is 14.1. The van der Waals surface area contributed by atoms with Gasteiger partial charge in [-0.25, -0.2) is 4.79 Å². The molecule has 9 nitrogen and oxygen atoms in total. The molecule has 152 valence electrons. The second-order valence-corrected chi connectivity index (χ2v) is 7.41. The molecule has 0 unspecified atom stereocenters. The number of aromatic nitrogens is 2. The maximum atomic E-state index is 12.7. The summed E-state index contributed by atoms with van der Waals surface area (Å²) >= 11 is 1.45. The fraction of sp³-hybridized carbons (Fsp3) is 0.316. The molecule has 10 heteroatoms. The van der Waals surface area contributed by atoms with Crippen LogP contribution < -0.4 is 20.1 Å². The summed E-state index contributed by atoms with van der Waals surface area (Å²) in [5.74, 6) is 2.03. The summed E-state index contributed by atoms with van der Waals surface area (Å²) in [5.41, 5.74) is 2.41. The van der Waals surface area contributed by atoms with Crippen molar-refractivity contribution in [3.63, 3.8) is 0 Å². The van der Waals surface area contributed by atoms with Crippen molar-refractivity contribution in [1.29, 1.82) is 0 Å². The van der Waals surface area contributed by atoms with Crippen LogP contribution in [0.25, 0.3) is 11.5 Å². The van der Waals surface area contributed by atoms with Crippen LogP contribution in [0.5, 0.6) is 11.5 Å². The van der Waals surface area contributed by atoms with E-state index in [9.17, 15) is 4.79 Å². The molecule has 1 aliphatic heterocycles. The highest BCUT2D eigenvalue weighted by atomic mass is 32.1. The zero-order valence-corrected chi connectivity index (χ0v) is 17.0. The van der Waals surface area contributed by atoms with Crippen LogP contribution in [0.2, 0.25) is 0 Å². The van der Waals surface area contributed by atoms with Gasteiger partial charge in [0, 0.05) is 16.6 Å². The molecular weight excluding hydrogens is 396 g/mol. The summed E-state index contributed by atoms with van der Waals surface area (Å²) in [6, 6.07) is 4.75. The van der Waals surface area contributed by atoms with Crippen LogP contribution >= 0.6 is 11.3 Å². The maximum Gasteiger partial charge on any atom is 0.324 e. The van der Waals surface area contributed by atoms with Crippen LogP contribution in [0.3, 0.4) is 0 Å². The van der Waals surface area contributed by atoms with Gasteiger partial charge in [-0.1, -0.05) is 5.16 Å². The molecule has 1 aromatic carbocycles. The number of carbonyl (C=O) groups excluding carboxylic acids is 1. The van der Waals surface area contributed by atoms with E-state index in [2.05, 4.69) is 20.8 Å². The number of methoxy groups -OCH3 is 2. The van der Waals surface area contributed by atoms with Gasteiger partial charge in [-0.2, -0.15) is 4.98 Å². The first-order valence-electron chi connectivity index (χ1n) is 8.92. The summed E-state index contributed by atoms with van der Waals surface area (Å²) in [6.07, 6.45) is 0.724. The molecule has 0 aliphatic carbocycles.